The summed E-state index contributed by atoms with van der Waals surface area (Å²) in [5.41, 5.74) is 2.97. The van der Waals surface area contributed by atoms with E-state index in [0.717, 1.165) is 37.4 Å². The maximum absolute atomic E-state index is 13.6. The van der Waals surface area contributed by atoms with Crippen molar-refractivity contribution in [2.45, 2.75) is 19.5 Å². The summed E-state index contributed by atoms with van der Waals surface area (Å²) in [5, 5.41) is 6.16. The molecule has 0 saturated carbocycles. The van der Waals surface area contributed by atoms with E-state index in [4.69, 9.17) is 0 Å². The van der Waals surface area contributed by atoms with E-state index in [1.165, 1.54) is 18.6 Å². The smallest absolute Gasteiger partial charge is 0.221 e. The van der Waals surface area contributed by atoms with Gasteiger partial charge >= 0.3 is 0 Å². The molecule has 2 N–H and O–H groups in total. The topological polar surface area (TPSA) is 44.4 Å². The fraction of sp³-hybridized carbons (Fsp3) is 0.316. The number of hydrogen-bond acceptors (Lipinski definition) is 3. The van der Waals surface area contributed by atoms with E-state index in [2.05, 4.69) is 15.5 Å². The number of benzene rings is 2. The van der Waals surface area contributed by atoms with Crippen LogP contribution in [0.4, 0.5) is 10.1 Å². The van der Waals surface area contributed by atoms with Gasteiger partial charge in [-0.3, -0.25) is 9.69 Å². The number of rotatable bonds is 4. The molecule has 6 heteroatoms. The molecule has 0 radical (unpaired) electrons. The predicted molar refractivity (Wildman–Crippen MR) is 100 cm³/mol. The van der Waals surface area contributed by atoms with Crippen LogP contribution in [0.1, 0.15) is 24.1 Å². The largest absolute Gasteiger partial charge is 0.326 e. The summed E-state index contributed by atoms with van der Waals surface area (Å²) in [4.78, 5) is 13.4. The fourth-order valence-electron chi connectivity index (χ4n) is 3.11. The van der Waals surface area contributed by atoms with Gasteiger partial charge in [0.25, 0.3) is 0 Å². The Morgan fingerprint density at radius 1 is 1.28 bits per heavy atom. The molecule has 0 bridgehead atoms. The summed E-state index contributed by atoms with van der Waals surface area (Å²) in [6.07, 6.45) is 0. The molecular weight excluding hydrogens is 341 g/mol. The van der Waals surface area contributed by atoms with Crippen molar-refractivity contribution in [2.24, 2.45) is 0 Å². The van der Waals surface area contributed by atoms with Crippen LogP contribution in [0.5, 0.6) is 0 Å². The molecule has 1 saturated heterocycles. The quantitative estimate of drug-likeness (QED) is 0.875. The summed E-state index contributed by atoms with van der Waals surface area (Å²) < 4.78 is 13.6. The van der Waals surface area contributed by atoms with Crippen molar-refractivity contribution in [3.8, 4) is 0 Å². The Labute approximate surface area is 153 Å². The van der Waals surface area contributed by atoms with E-state index in [9.17, 15) is 9.18 Å². The third kappa shape index (κ3) is 5.26. The highest BCUT2D eigenvalue weighted by atomic mass is 35.5. The van der Waals surface area contributed by atoms with Crippen molar-refractivity contribution in [1.29, 1.82) is 0 Å². The Kier molecular flexibility index (Phi) is 6.93. The highest BCUT2D eigenvalue weighted by molar-refractivity contribution is 5.88. The van der Waals surface area contributed by atoms with E-state index >= 15 is 0 Å². The highest BCUT2D eigenvalue weighted by Crippen LogP contribution is 2.25. The molecule has 0 aliphatic carbocycles. The van der Waals surface area contributed by atoms with Crippen LogP contribution in [0, 0.1) is 5.82 Å². The molecule has 1 amide bonds. The molecule has 1 unspecified atom stereocenters. The molecule has 1 aliphatic heterocycles. The maximum Gasteiger partial charge on any atom is 0.221 e. The molecule has 2 aromatic carbocycles. The van der Waals surface area contributed by atoms with Crippen molar-refractivity contribution in [3.63, 3.8) is 0 Å². The normalized spacial score (nSPS) is 17.6. The SMILES string of the molecule is CC(=O)Nc1ccc(CN2CCNCC2c2cccc(F)c2)cc1.Cl. The minimum absolute atomic E-state index is 0. The van der Waals surface area contributed by atoms with Crippen molar-refractivity contribution < 1.29 is 9.18 Å². The molecular formula is C19H23ClFN3O. The minimum Gasteiger partial charge on any atom is -0.326 e. The first kappa shape index (κ1) is 19.4. The van der Waals surface area contributed by atoms with Crippen molar-refractivity contribution in [1.82, 2.24) is 10.2 Å². The molecule has 3 rings (SSSR count). The van der Waals surface area contributed by atoms with Crippen LogP contribution < -0.4 is 10.6 Å². The number of halogens is 2. The second kappa shape index (κ2) is 8.94. The van der Waals surface area contributed by atoms with Gasteiger partial charge in [-0.2, -0.15) is 0 Å². The average molecular weight is 364 g/mol. The first-order valence-electron chi connectivity index (χ1n) is 8.18. The number of carbonyl (C=O) groups excluding carboxylic acids is 1. The van der Waals surface area contributed by atoms with Crippen molar-refractivity contribution in [2.75, 3.05) is 25.0 Å². The Balaban J connectivity index is 0.00000225. The summed E-state index contributed by atoms with van der Waals surface area (Å²) in [6, 6.07) is 14.9. The van der Waals surface area contributed by atoms with Gasteiger partial charge in [0.05, 0.1) is 0 Å². The van der Waals surface area contributed by atoms with Gasteiger partial charge in [-0.1, -0.05) is 24.3 Å². The van der Waals surface area contributed by atoms with Gasteiger partial charge in [-0.15, -0.1) is 12.4 Å². The number of anilines is 1. The van der Waals surface area contributed by atoms with Crippen LogP contribution in [-0.2, 0) is 11.3 Å². The molecule has 2 aromatic rings. The van der Waals surface area contributed by atoms with Gasteiger partial charge in [0.1, 0.15) is 5.82 Å². The molecule has 1 heterocycles. The third-order valence-electron chi connectivity index (χ3n) is 4.25. The molecule has 25 heavy (non-hydrogen) atoms. The minimum atomic E-state index is -0.197. The van der Waals surface area contributed by atoms with Crippen LogP contribution in [0.15, 0.2) is 48.5 Å². The average Bonchev–Trinajstić information content (AvgIpc) is 2.57. The predicted octanol–water partition coefficient (Wildman–Crippen LogP) is 3.35. The van der Waals surface area contributed by atoms with E-state index in [1.54, 1.807) is 12.1 Å². The number of nitrogens with one attached hydrogen (secondary N) is 2. The number of carbonyl (C=O) groups is 1. The molecule has 1 atom stereocenters. The second-order valence-electron chi connectivity index (χ2n) is 6.12. The lowest BCUT2D eigenvalue weighted by molar-refractivity contribution is -0.114. The summed E-state index contributed by atoms with van der Waals surface area (Å²) in [6.45, 7) is 4.94. The second-order valence-corrected chi connectivity index (χ2v) is 6.12. The van der Waals surface area contributed by atoms with Crippen LogP contribution in [0.2, 0.25) is 0 Å². The molecule has 134 valence electrons. The molecule has 1 aliphatic rings. The number of hydrogen-bond donors (Lipinski definition) is 2. The third-order valence-corrected chi connectivity index (χ3v) is 4.25. The lowest BCUT2D eigenvalue weighted by atomic mass is 10.0. The van der Waals surface area contributed by atoms with Crippen LogP contribution >= 0.6 is 12.4 Å². The van der Waals surface area contributed by atoms with Gasteiger partial charge in [-0.05, 0) is 35.4 Å². The zero-order chi connectivity index (χ0) is 16.9. The Morgan fingerprint density at radius 3 is 2.72 bits per heavy atom. The summed E-state index contributed by atoms with van der Waals surface area (Å²) in [5.74, 6) is -0.270. The standard InChI is InChI=1S/C19H22FN3O.ClH/c1-14(24)22-18-7-5-15(6-8-18)13-23-10-9-21-12-19(23)16-3-2-4-17(20)11-16;/h2-8,11,19,21H,9-10,12-13H2,1H3,(H,22,24);1H. The number of piperazine rings is 1. The lowest BCUT2D eigenvalue weighted by Crippen LogP contribution is -2.45. The van der Waals surface area contributed by atoms with Gasteiger partial charge in [0.15, 0.2) is 0 Å². The fourth-order valence-corrected chi connectivity index (χ4v) is 3.11. The highest BCUT2D eigenvalue weighted by Gasteiger charge is 2.24. The van der Waals surface area contributed by atoms with Crippen molar-refractivity contribution >= 4 is 24.0 Å². The monoisotopic (exact) mass is 363 g/mol. The maximum atomic E-state index is 13.6. The van der Waals surface area contributed by atoms with E-state index < -0.39 is 0 Å². The molecule has 0 spiro atoms. The lowest BCUT2D eigenvalue weighted by Gasteiger charge is -2.36. The van der Waals surface area contributed by atoms with E-state index in [1.807, 2.05) is 30.3 Å². The zero-order valence-electron chi connectivity index (χ0n) is 14.2. The Bertz CT molecular complexity index is 708. The van der Waals surface area contributed by atoms with Crippen LogP contribution in [-0.4, -0.2) is 30.4 Å². The van der Waals surface area contributed by atoms with Gasteiger partial charge in [0, 0.05) is 44.8 Å². The van der Waals surface area contributed by atoms with Gasteiger partial charge in [0.2, 0.25) is 5.91 Å². The van der Waals surface area contributed by atoms with Crippen LogP contribution in [0.25, 0.3) is 0 Å². The van der Waals surface area contributed by atoms with Crippen molar-refractivity contribution in [3.05, 3.63) is 65.5 Å². The van der Waals surface area contributed by atoms with Gasteiger partial charge < -0.3 is 10.6 Å². The molecule has 4 nitrogen and oxygen atoms in total. The van der Waals surface area contributed by atoms with Gasteiger partial charge in [-0.25, -0.2) is 4.39 Å². The Morgan fingerprint density at radius 2 is 2.04 bits per heavy atom. The molecule has 1 fully saturated rings. The van der Waals surface area contributed by atoms with E-state index in [0.29, 0.717) is 0 Å². The first-order chi connectivity index (χ1) is 11.6. The summed E-state index contributed by atoms with van der Waals surface area (Å²) >= 11 is 0. The van der Waals surface area contributed by atoms with Crippen LogP contribution in [0.3, 0.4) is 0 Å². The number of nitrogens with zero attached hydrogens (tertiary/aromatic N) is 1. The van der Waals surface area contributed by atoms with E-state index in [-0.39, 0.29) is 30.2 Å². The summed E-state index contributed by atoms with van der Waals surface area (Å²) in [7, 11) is 0. The zero-order valence-corrected chi connectivity index (χ0v) is 15.0. The first-order valence-corrected chi connectivity index (χ1v) is 8.18. The Hall–Kier alpha value is -1.95. The molecule has 0 aromatic heterocycles. The number of amides is 1.